The fourth-order valence-electron chi connectivity index (χ4n) is 17.9. The summed E-state index contributed by atoms with van der Waals surface area (Å²) in [6, 6.07) is 41.2. The normalized spacial score (nSPS) is 20.5. The molecule has 2 atom stereocenters. The largest absolute Gasteiger partial charge is 0.515 e. The summed E-state index contributed by atoms with van der Waals surface area (Å²) in [5.41, 5.74) is 18.5. The highest BCUT2D eigenvalue weighted by molar-refractivity contribution is 6.12. The van der Waals surface area contributed by atoms with Gasteiger partial charge in [0.1, 0.15) is 58.1 Å². The molecule has 0 radical (unpaired) electrons. The lowest BCUT2D eigenvalue weighted by Gasteiger charge is -2.42. The van der Waals surface area contributed by atoms with Crippen LogP contribution in [0.25, 0.3) is 22.3 Å². The van der Waals surface area contributed by atoms with Gasteiger partial charge in [-0.1, -0.05) is 131 Å². The summed E-state index contributed by atoms with van der Waals surface area (Å²) in [5, 5.41) is 18.9. The molecule has 111 heavy (non-hydrogen) atoms. The Morgan fingerprint density at radius 1 is 0.477 bits per heavy atom. The molecule has 0 amide bonds. The molecule has 2 unspecified atom stereocenters. The van der Waals surface area contributed by atoms with E-state index in [-0.39, 0.29) is 74.2 Å². The number of phenols is 1. The average Bonchev–Trinajstić information content (AvgIpc) is 0.754. The summed E-state index contributed by atoms with van der Waals surface area (Å²) in [4.78, 5) is 83.5. The van der Waals surface area contributed by atoms with Crippen molar-refractivity contribution in [3.05, 3.63) is 218 Å². The van der Waals surface area contributed by atoms with Crippen LogP contribution in [0.4, 0.5) is 0 Å². The Labute approximate surface area is 656 Å². The third kappa shape index (κ3) is 17.8. The number of benzene rings is 7. The zero-order valence-corrected chi connectivity index (χ0v) is 68.5. The lowest BCUT2D eigenvalue weighted by molar-refractivity contribution is -0.120. The van der Waals surface area contributed by atoms with E-state index in [1.807, 2.05) is 92.7 Å². The molecule has 0 aromatic heterocycles. The Kier molecular flexibility index (Phi) is 24.8. The van der Waals surface area contributed by atoms with Crippen LogP contribution in [0.15, 0.2) is 151 Å². The number of allylic oxidation sites excluding steroid dienone is 5. The minimum Gasteiger partial charge on any atom is -0.515 e. The van der Waals surface area contributed by atoms with E-state index >= 15 is 0 Å². The number of carbonyl (C=O) groups excluding carboxylic acids is 7. The van der Waals surface area contributed by atoms with Crippen molar-refractivity contribution < 1.29 is 72.2 Å². The smallest absolute Gasteiger partial charge is 0.192 e. The number of Topliss-reactive ketones (excluding diaryl/α,β-unsaturated/α-hetero) is 5. The van der Waals surface area contributed by atoms with E-state index in [1.165, 1.54) is 62.6 Å². The molecule has 0 aliphatic heterocycles. The second kappa shape index (κ2) is 33.0. The maximum Gasteiger partial charge on any atom is 0.192 e. The van der Waals surface area contributed by atoms with Gasteiger partial charge in [0.2, 0.25) is 0 Å². The van der Waals surface area contributed by atoms with Gasteiger partial charge in [0, 0.05) is 54.4 Å². The zero-order chi connectivity index (χ0) is 81.1. The second-order valence-electron chi connectivity index (χ2n) is 34.8. The Balaban J connectivity index is 0.000000142. The Hall–Kier alpha value is -10.2. The maximum atomic E-state index is 12.9. The first-order chi connectivity index (χ1) is 52.3. The third-order valence-electron chi connectivity index (χ3n) is 24.0. The molecule has 0 bridgehead atoms. The molecule has 2 N–H and O–H groups in total. The van der Waals surface area contributed by atoms with Crippen molar-refractivity contribution in [1.29, 1.82) is 0 Å². The Morgan fingerprint density at radius 3 is 1.47 bits per heavy atom. The van der Waals surface area contributed by atoms with Crippen molar-refractivity contribution in [1.82, 2.24) is 0 Å². The van der Waals surface area contributed by atoms with Crippen LogP contribution in [0.1, 0.15) is 255 Å². The van der Waals surface area contributed by atoms with Crippen molar-refractivity contribution >= 4 is 52.1 Å². The molecule has 8 aliphatic carbocycles. The predicted molar refractivity (Wildman–Crippen MR) is 438 cm³/mol. The SMILES string of the molecule is COc1ccc2c(c1)-c1cc(O)ccc1CC2(C)C.COc1ccc2c(c1)C(=O)/C(=C\O)CC2(C)C.COc1ccc2c(c1)C(=O)C(C=O)(CCC(C)=O)CC2(C)C.COc1ccc2c(c1)C(=O)CCC2(C)C.COc1ccc2c(c1)C1=C(CCC(=O)C1)CC2(C)C.COc1ccc2c(c1)C1=CC(=O)CCC1CC2(C)C. The summed E-state index contributed by atoms with van der Waals surface area (Å²) in [7, 11) is 9.80. The summed E-state index contributed by atoms with van der Waals surface area (Å²) in [6.45, 7) is 27.7. The average molecular weight is 1510 g/mol. The number of hydrogen-bond acceptors (Lipinski definition) is 15. The van der Waals surface area contributed by atoms with E-state index in [9.17, 15) is 38.7 Å². The van der Waals surface area contributed by atoms with Crippen LogP contribution in [-0.4, -0.2) is 93.9 Å². The van der Waals surface area contributed by atoms with E-state index in [2.05, 4.69) is 106 Å². The summed E-state index contributed by atoms with van der Waals surface area (Å²) in [5.74, 6) is 6.00. The fourth-order valence-corrected chi connectivity index (χ4v) is 17.9. The van der Waals surface area contributed by atoms with Crippen LogP contribution in [0.3, 0.4) is 0 Å². The number of phenolic OH excluding ortho intramolecular Hbond substituents is 1. The van der Waals surface area contributed by atoms with Gasteiger partial charge in [-0.15, -0.1) is 0 Å². The monoisotopic (exact) mass is 1500 g/mol. The molecular formula is C96H112O15. The van der Waals surface area contributed by atoms with Gasteiger partial charge in [0.15, 0.2) is 23.1 Å². The standard InChI is InChI=1S/C18H22O4.2C17H20O2.C17H18O2.C14H16O3.C13H16O2/c1-12(20)7-8-18(11-19)10-17(2,3)15-6-5-13(22-4)9-14(15)16(18)21;3*1-17(2)10-11-4-5-12(18)8-14(11)15-9-13(19-3)6-7-16(15)17;1-14(2)7-9(8-15)13(16)11-6-10(17-3)4-5-12(11)14;1-13(2)7-6-12(14)10-8-9(15-3)4-5-11(10)13/h5-6,9,11H,7-8,10H2,1-4H3;6-7,9H,4-5,8,10H2,1-3H3;6-9,11H,4-5,10H2,1-3H3;4-9,18H,10H2,1-3H3;4-6,8,15H,7H2,1-3H3;4-5,8H,6-7H2,1-3H3/b;;;;9-8-;. The fraction of sp³-hybridized carbons (Fsp3) is 0.427. The second-order valence-corrected chi connectivity index (χ2v) is 34.8. The molecule has 7 aromatic carbocycles. The topological polar surface area (TPSA) is 215 Å². The number of hydrogen-bond donors (Lipinski definition) is 2. The van der Waals surface area contributed by atoms with Crippen molar-refractivity contribution in [2.75, 3.05) is 42.7 Å². The first-order valence-corrected chi connectivity index (χ1v) is 38.7. The lowest BCUT2D eigenvalue weighted by atomic mass is 9.59. The van der Waals surface area contributed by atoms with E-state index in [4.69, 9.17) is 33.5 Å². The number of methoxy groups -OCH3 is 6. The highest BCUT2D eigenvalue weighted by atomic mass is 16.5. The number of aliphatic hydroxyl groups is 1. The number of carbonyl (C=O) groups is 7. The van der Waals surface area contributed by atoms with Gasteiger partial charge in [-0.2, -0.15) is 0 Å². The number of aliphatic hydroxyl groups excluding tert-OH is 1. The van der Waals surface area contributed by atoms with E-state index in [0.29, 0.717) is 84.2 Å². The molecule has 0 fully saturated rings. The third-order valence-corrected chi connectivity index (χ3v) is 24.0. The number of aromatic hydroxyl groups is 1. The molecular weight excluding hydrogens is 1390 g/mol. The van der Waals surface area contributed by atoms with Gasteiger partial charge in [-0.25, -0.2) is 0 Å². The Bertz CT molecular complexity index is 4890. The molecule has 7 aromatic rings. The summed E-state index contributed by atoms with van der Waals surface area (Å²) in [6.07, 6.45) is 13.7. The van der Waals surface area contributed by atoms with Gasteiger partial charge in [-0.3, -0.25) is 24.0 Å². The molecule has 15 heteroatoms. The number of aldehydes is 1. The minimum absolute atomic E-state index is 0.0109. The number of ether oxygens (including phenoxy) is 6. The molecule has 15 nitrogen and oxygen atoms in total. The Morgan fingerprint density at radius 2 is 0.937 bits per heavy atom. The maximum absolute atomic E-state index is 12.9. The van der Waals surface area contributed by atoms with Crippen LogP contribution >= 0.6 is 0 Å². The highest BCUT2D eigenvalue weighted by Crippen LogP contribution is 2.53. The highest BCUT2D eigenvalue weighted by Gasteiger charge is 2.50. The molecule has 586 valence electrons. The first-order valence-electron chi connectivity index (χ1n) is 38.7. The molecule has 0 saturated carbocycles. The minimum atomic E-state index is -1.12. The van der Waals surface area contributed by atoms with Crippen LogP contribution in [0.2, 0.25) is 0 Å². The lowest BCUT2D eigenvalue weighted by Crippen LogP contribution is -2.45. The van der Waals surface area contributed by atoms with Crippen LogP contribution in [-0.2, 0) is 58.1 Å². The molecule has 15 rings (SSSR count). The van der Waals surface area contributed by atoms with Gasteiger partial charge in [0.05, 0.1) is 54.3 Å². The first kappa shape index (κ1) is 83.3. The van der Waals surface area contributed by atoms with Crippen molar-refractivity contribution in [3.63, 3.8) is 0 Å². The van der Waals surface area contributed by atoms with Crippen molar-refractivity contribution in [3.8, 4) is 51.4 Å². The van der Waals surface area contributed by atoms with Gasteiger partial charge in [0.25, 0.3) is 0 Å². The molecule has 8 aliphatic rings. The van der Waals surface area contributed by atoms with E-state index in [0.717, 1.165) is 102 Å². The van der Waals surface area contributed by atoms with Crippen molar-refractivity contribution in [2.45, 2.75) is 212 Å². The number of ketones is 6. The van der Waals surface area contributed by atoms with Gasteiger partial charge >= 0.3 is 0 Å². The number of fused-ring (bicyclic) bond motifs is 11. The summed E-state index contributed by atoms with van der Waals surface area (Å²) < 4.78 is 31.5. The summed E-state index contributed by atoms with van der Waals surface area (Å²) >= 11 is 0. The van der Waals surface area contributed by atoms with Crippen LogP contribution in [0.5, 0.6) is 40.2 Å². The molecule has 0 heterocycles. The number of rotatable bonds is 10. The van der Waals surface area contributed by atoms with Crippen LogP contribution in [0, 0.1) is 11.3 Å². The molecule has 0 saturated heterocycles. The predicted octanol–water partition coefficient (Wildman–Crippen LogP) is 20.6. The zero-order valence-electron chi connectivity index (χ0n) is 68.5. The quantitative estimate of drug-likeness (QED) is 0.0564. The van der Waals surface area contributed by atoms with E-state index in [1.54, 1.807) is 60.9 Å². The van der Waals surface area contributed by atoms with Gasteiger partial charge in [-0.05, 0) is 266 Å². The van der Waals surface area contributed by atoms with Crippen molar-refractivity contribution in [2.24, 2.45) is 11.3 Å². The van der Waals surface area contributed by atoms with Crippen LogP contribution < -0.4 is 28.4 Å². The van der Waals surface area contributed by atoms with E-state index < -0.39 is 5.41 Å². The molecule has 0 spiro atoms. The van der Waals surface area contributed by atoms with Gasteiger partial charge < -0.3 is 48.2 Å².